The van der Waals surface area contributed by atoms with E-state index in [2.05, 4.69) is 5.32 Å². The average Bonchev–Trinajstić information content (AvgIpc) is 3.42. The second kappa shape index (κ2) is 9.43. The SMILES string of the molecule is O=C1NC(=S)S/C1=C\c1cn(-c2ccccc2)nc1-c1ccc(S(=O)(=O)N2CCOCC2)cc1. The number of ether oxygens (including phenoxy) is 1. The molecule has 3 aromatic rings. The number of para-hydroxylation sites is 1. The minimum atomic E-state index is -3.60. The third-order valence-electron chi connectivity index (χ3n) is 5.43. The fourth-order valence-corrected chi connectivity index (χ4v) is 6.16. The van der Waals surface area contributed by atoms with E-state index >= 15 is 0 Å². The van der Waals surface area contributed by atoms with Crippen LogP contribution in [0.3, 0.4) is 0 Å². The number of morpholine rings is 1. The van der Waals surface area contributed by atoms with E-state index in [9.17, 15) is 13.2 Å². The molecule has 34 heavy (non-hydrogen) atoms. The molecule has 3 heterocycles. The van der Waals surface area contributed by atoms with Gasteiger partial charge in [-0.25, -0.2) is 13.1 Å². The smallest absolute Gasteiger partial charge is 0.263 e. The van der Waals surface area contributed by atoms with Gasteiger partial charge in [0, 0.05) is 30.4 Å². The predicted octanol–water partition coefficient (Wildman–Crippen LogP) is 3.05. The molecule has 2 saturated heterocycles. The summed E-state index contributed by atoms with van der Waals surface area (Å²) in [6.07, 6.45) is 3.59. The highest BCUT2D eigenvalue weighted by Gasteiger charge is 2.27. The van der Waals surface area contributed by atoms with Crippen LogP contribution in [-0.4, -0.2) is 59.0 Å². The zero-order valence-corrected chi connectivity index (χ0v) is 20.3. The highest BCUT2D eigenvalue weighted by Crippen LogP contribution is 2.31. The number of nitrogens with one attached hydrogen (secondary N) is 1. The summed E-state index contributed by atoms with van der Waals surface area (Å²) < 4.78 is 34.8. The van der Waals surface area contributed by atoms with Crippen molar-refractivity contribution in [1.29, 1.82) is 0 Å². The molecule has 1 N–H and O–H groups in total. The van der Waals surface area contributed by atoms with E-state index in [1.165, 1.54) is 16.1 Å². The number of sulfonamides is 1. The van der Waals surface area contributed by atoms with Crippen molar-refractivity contribution < 1.29 is 17.9 Å². The fourth-order valence-electron chi connectivity index (χ4n) is 3.71. The summed E-state index contributed by atoms with van der Waals surface area (Å²) in [5.74, 6) is -0.250. The van der Waals surface area contributed by atoms with Gasteiger partial charge in [-0.1, -0.05) is 54.3 Å². The maximum Gasteiger partial charge on any atom is 0.263 e. The van der Waals surface area contributed by atoms with Gasteiger partial charge in [-0.2, -0.15) is 9.40 Å². The standard InChI is InChI=1S/C23H20N4O4S3/c28-22-20(33-23(32)24-22)14-17-15-27(18-4-2-1-3-5-18)25-21(17)16-6-8-19(9-7-16)34(29,30)26-10-12-31-13-11-26/h1-9,14-15H,10-13H2,(H,24,28,32)/b20-14-. The first-order chi connectivity index (χ1) is 16.4. The Morgan fingerprint density at radius 2 is 1.76 bits per heavy atom. The quantitative estimate of drug-likeness (QED) is 0.415. The molecule has 5 rings (SSSR count). The lowest BCUT2D eigenvalue weighted by Gasteiger charge is -2.26. The van der Waals surface area contributed by atoms with Crippen LogP contribution in [0.2, 0.25) is 0 Å². The Labute approximate surface area is 206 Å². The van der Waals surface area contributed by atoms with Gasteiger partial charge >= 0.3 is 0 Å². The molecule has 2 aliphatic rings. The molecule has 0 unspecified atom stereocenters. The van der Waals surface area contributed by atoms with Gasteiger partial charge in [0.2, 0.25) is 10.0 Å². The van der Waals surface area contributed by atoms with Crippen LogP contribution < -0.4 is 5.32 Å². The summed E-state index contributed by atoms with van der Waals surface area (Å²) in [6.45, 7) is 1.46. The number of hydrogen-bond acceptors (Lipinski definition) is 7. The minimum absolute atomic E-state index is 0.219. The molecule has 8 nitrogen and oxygen atoms in total. The van der Waals surface area contributed by atoms with Crippen LogP contribution in [0.1, 0.15) is 5.56 Å². The molecule has 0 radical (unpaired) electrons. The van der Waals surface area contributed by atoms with Gasteiger partial charge in [0.1, 0.15) is 4.32 Å². The second-order valence-corrected chi connectivity index (χ2v) is 11.3. The molecule has 11 heteroatoms. The number of thioether (sulfide) groups is 1. The molecule has 2 aromatic carbocycles. The monoisotopic (exact) mass is 512 g/mol. The van der Waals surface area contributed by atoms with Crippen LogP contribution >= 0.6 is 24.0 Å². The first-order valence-electron chi connectivity index (χ1n) is 10.5. The van der Waals surface area contributed by atoms with Crippen LogP contribution in [-0.2, 0) is 19.6 Å². The number of thiocarbonyl (C=S) groups is 1. The number of carbonyl (C=O) groups excluding carboxylic acids is 1. The molecule has 1 amide bonds. The summed E-state index contributed by atoms with van der Waals surface area (Å²) in [5.41, 5.74) is 2.93. The Morgan fingerprint density at radius 3 is 2.41 bits per heavy atom. The minimum Gasteiger partial charge on any atom is -0.379 e. The normalized spacial score (nSPS) is 18.4. The van der Waals surface area contributed by atoms with Crippen molar-refractivity contribution in [2.75, 3.05) is 26.3 Å². The number of hydrogen-bond donors (Lipinski definition) is 1. The van der Waals surface area contributed by atoms with E-state index in [0.717, 1.165) is 16.8 Å². The molecule has 0 bridgehead atoms. The summed E-state index contributed by atoms with van der Waals surface area (Å²) in [4.78, 5) is 12.9. The van der Waals surface area contributed by atoms with Gasteiger partial charge in [0.15, 0.2) is 0 Å². The fraction of sp³-hybridized carbons (Fsp3) is 0.174. The zero-order valence-electron chi connectivity index (χ0n) is 17.9. The Kier molecular flexibility index (Phi) is 6.36. The van der Waals surface area contributed by atoms with Crippen LogP contribution in [0, 0.1) is 0 Å². The van der Waals surface area contributed by atoms with Crippen LogP contribution in [0.5, 0.6) is 0 Å². The van der Waals surface area contributed by atoms with Gasteiger partial charge in [-0.3, -0.25) is 4.79 Å². The number of nitrogens with zero attached hydrogens (tertiary/aromatic N) is 3. The number of aromatic nitrogens is 2. The Balaban J connectivity index is 1.53. The molecule has 2 fully saturated rings. The third-order valence-corrected chi connectivity index (χ3v) is 8.50. The van der Waals surface area contributed by atoms with Crippen molar-refractivity contribution in [1.82, 2.24) is 19.4 Å². The zero-order chi connectivity index (χ0) is 23.7. The average molecular weight is 513 g/mol. The van der Waals surface area contributed by atoms with Gasteiger partial charge < -0.3 is 10.1 Å². The summed E-state index contributed by atoms with van der Waals surface area (Å²) in [5, 5.41) is 7.36. The summed E-state index contributed by atoms with van der Waals surface area (Å²) >= 11 is 6.30. The predicted molar refractivity (Wildman–Crippen MR) is 135 cm³/mol. The number of carbonyl (C=O) groups is 1. The van der Waals surface area contributed by atoms with Crippen LogP contribution in [0.15, 0.2) is 70.6 Å². The van der Waals surface area contributed by atoms with E-state index in [-0.39, 0.29) is 10.8 Å². The first-order valence-corrected chi connectivity index (χ1v) is 13.2. The van der Waals surface area contributed by atoms with E-state index in [4.69, 9.17) is 22.1 Å². The Hall–Kier alpha value is -2.83. The van der Waals surface area contributed by atoms with E-state index < -0.39 is 10.0 Å². The molecule has 2 aliphatic heterocycles. The highest BCUT2D eigenvalue weighted by atomic mass is 32.2. The summed E-state index contributed by atoms with van der Waals surface area (Å²) in [6, 6.07) is 16.3. The topological polar surface area (TPSA) is 93.5 Å². The van der Waals surface area contributed by atoms with Gasteiger partial charge in [-0.15, -0.1) is 0 Å². The van der Waals surface area contributed by atoms with E-state index in [1.54, 1.807) is 35.0 Å². The summed E-state index contributed by atoms with van der Waals surface area (Å²) in [7, 11) is -3.60. The van der Waals surface area contributed by atoms with Gasteiger partial charge in [0.25, 0.3) is 5.91 Å². The van der Waals surface area contributed by atoms with E-state index in [0.29, 0.717) is 41.2 Å². The molecule has 0 atom stereocenters. The van der Waals surface area contributed by atoms with Crippen molar-refractivity contribution in [2.24, 2.45) is 0 Å². The molecular formula is C23H20N4O4S3. The number of amides is 1. The lowest BCUT2D eigenvalue weighted by molar-refractivity contribution is -0.115. The van der Waals surface area contributed by atoms with Gasteiger partial charge in [0.05, 0.1) is 34.4 Å². The molecule has 174 valence electrons. The Morgan fingerprint density at radius 1 is 1.06 bits per heavy atom. The molecule has 1 aromatic heterocycles. The van der Waals surface area contributed by atoms with Crippen molar-refractivity contribution in [3.63, 3.8) is 0 Å². The second-order valence-electron chi connectivity index (χ2n) is 7.61. The molecular weight excluding hydrogens is 492 g/mol. The van der Waals surface area contributed by atoms with E-state index in [1.807, 2.05) is 36.5 Å². The van der Waals surface area contributed by atoms with Crippen molar-refractivity contribution in [2.45, 2.75) is 4.90 Å². The number of benzene rings is 2. The number of rotatable bonds is 5. The lowest BCUT2D eigenvalue weighted by atomic mass is 10.1. The maximum absolute atomic E-state index is 13.0. The highest BCUT2D eigenvalue weighted by molar-refractivity contribution is 8.26. The van der Waals surface area contributed by atoms with Crippen LogP contribution in [0.4, 0.5) is 0 Å². The van der Waals surface area contributed by atoms with Crippen molar-refractivity contribution >= 4 is 50.3 Å². The Bertz CT molecular complexity index is 1380. The molecule has 0 aliphatic carbocycles. The maximum atomic E-state index is 13.0. The van der Waals surface area contributed by atoms with Gasteiger partial charge in [-0.05, 0) is 30.3 Å². The van der Waals surface area contributed by atoms with Crippen molar-refractivity contribution in [3.05, 3.63) is 71.3 Å². The first kappa shape index (κ1) is 22.9. The largest absolute Gasteiger partial charge is 0.379 e. The van der Waals surface area contributed by atoms with Crippen molar-refractivity contribution in [3.8, 4) is 16.9 Å². The molecule has 0 spiro atoms. The molecule has 0 saturated carbocycles. The third kappa shape index (κ3) is 4.57. The lowest BCUT2D eigenvalue weighted by Crippen LogP contribution is -2.40. The van der Waals surface area contributed by atoms with Crippen LogP contribution in [0.25, 0.3) is 23.0 Å².